The van der Waals surface area contributed by atoms with Crippen molar-refractivity contribution in [1.82, 2.24) is 9.80 Å². The second-order valence-corrected chi connectivity index (χ2v) is 10.8. The van der Waals surface area contributed by atoms with Gasteiger partial charge in [-0.05, 0) is 25.7 Å². The molecule has 0 aromatic carbocycles. The smallest absolute Gasteiger partial charge is 0.101 e. The van der Waals surface area contributed by atoms with Crippen LogP contribution in [0.4, 0.5) is 0 Å². The molecule has 1 rings (SSSR count). The van der Waals surface area contributed by atoms with E-state index in [-0.39, 0.29) is 0 Å². The Labute approximate surface area is 210 Å². The van der Waals surface area contributed by atoms with E-state index in [0.717, 1.165) is 0 Å². The van der Waals surface area contributed by atoms with Crippen LogP contribution in [0, 0.1) is 0 Å². The average Bonchev–Trinajstić information content (AvgIpc) is 3.21. The van der Waals surface area contributed by atoms with Gasteiger partial charge in [0.15, 0.2) is 0 Å². The van der Waals surface area contributed by atoms with Gasteiger partial charge < -0.3 is 9.80 Å². The lowest BCUT2D eigenvalue weighted by molar-refractivity contribution is 0.135. The predicted octanol–water partition coefficient (Wildman–Crippen LogP) is 10.4. The van der Waals surface area contributed by atoms with E-state index >= 15 is 0 Å². The molecule has 2 heteroatoms. The normalized spacial score (nSPS) is 15.8. The van der Waals surface area contributed by atoms with Gasteiger partial charge in [-0.3, -0.25) is 0 Å². The van der Waals surface area contributed by atoms with E-state index in [1.165, 1.54) is 161 Å². The van der Waals surface area contributed by atoms with Gasteiger partial charge >= 0.3 is 0 Å². The van der Waals surface area contributed by atoms with Gasteiger partial charge in [0.1, 0.15) is 6.17 Å². The van der Waals surface area contributed by atoms with E-state index in [9.17, 15) is 0 Å². The standard InChI is InChI=1S/C31H62N2/c1-4-7-10-13-15-16-17-18-19-20-22-25-28-33-30-29-32(27-24-21-14-11-8-5-2)31(33)26-23-12-9-6-3/h29-31H,4-28H2,1-3H3. The zero-order valence-electron chi connectivity index (χ0n) is 23.3. The summed E-state index contributed by atoms with van der Waals surface area (Å²) in [5, 5.41) is 0. The van der Waals surface area contributed by atoms with Crippen LogP contribution in [0.5, 0.6) is 0 Å². The molecule has 0 N–H and O–H groups in total. The summed E-state index contributed by atoms with van der Waals surface area (Å²) in [6.07, 6.45) is 38.0. The summed E-state index contributed by atoms with van der Waals surface area (Å²) in [5.41, 5.74) is 0. The van der Waals surface area contributed by atoms with Gasteiger partial charge in [-0.1, -0.05) is 143 Å². The van der Waals surface area contributed by atoms with Crippen molar-refractivity contribution < 1.29 is 0 Å². The Bertz CT molecular complexity index is 419. The third kappa shape index (κ3) is 16.6. The first-order valence-corrected chi connectivity index (χ1v) is 15.5. The molecule has 1 atom stereocenters. The van der Waals surface area contributed by atoms with Crippen molar-refractivity contribution in [3.63, 3.8) is 0 Å². The van der Waals surface area contributed by atoms with Crippen LogP contribution < -0.4 is 0 Å². The molecular weight excluding hydrogens is 400 g/mol. The summed E-state index contributed by atoms with van der Waals surface area (Å²) in [4.78, 5) is 5.35. The van der Waals surface area contributed by atoms with Crippen molar-refractivity contribution in [1.29, 1.82) is 0 Å². The molecule has 0 amide bonds. The van der Waals surface area contributed by atoms with Crippen LogP contribution in [0.25, 0.3) is 0 Å². The van der Waals surface area contributed by atoms with Gasteiger partial charge in [-0.15, -0.1) is 0 Å². The molecule has 0 aromatic rings. The van der Waals surface area contributed by atoms with E-state index in [1.807, 2.05) is 0 Å². The van der Waals surface area contributed by atoms with E-state index in [2.05, 4.69) is 43.0 Å². The lowest BCUT2D eigenvalue weighted by Crippen LogP contribution is -2.39. The molecule has 0 aromatic heterocycles. The van der Waals surface area contributed by atoms with Crippen molar-refractivity contribution >= 4 is 0 Å². The maximum absolute atomic E-state index is 2.68. The molecule has 1 aliphatic heterocycles. The Balaban J connectivity index is 2.15. The second-order valence-electron chi connectivity index (χ2n) is 10.8. The lowest BCUT2D eigenvalue weighted by Gasteiger charge is -2.33. The highest BCUT2D eigenvalue weighted by molar-refractivity contribution is 4.97. The number of hydrogen-bond donors (Lipinski definition) is 0. The zero-order valence-corrected chi connectivity index (χ0v) is 23.3. The van der Waals surface area contributed by atoms with Crippen molar-refractivity contribution in [3.05, 3.63) is 12.4 Å². The SMILES string of the molecule is CCCCCCCCCCCCCCN1C=CN(CCCCCCCC)C1CCCCCC. The first-order valence-electron chi connectivity index (χ1n) is 15.5. The fourth-order valence-electron chi connectivity index (χ4n) is 5.30. The van der Waals surface area contributed by atoms with Crippen molar-refractivity contribution in [3.8, 4) is 0 Å². The third-order valence-corrected chi connectivity index (χ3v) is 7.57. The average molecular weight is 463 g/mol. The largest absolute Gasteiger partial charge is 0.356 e. The Morgan fingerprint density at radius 3 is 1.06 bits per heavy atom. The summed E-state index contributed by atoms with van der Waals surface area (Å²) in [6.45, 7) is 9.46. The highest BCUT2D eigenvalue weighted by Gasteiger charge is 2.24. The first-order chi connectivity index (χ1) is 16.3. The maximum atomic E-state index is 2.68. The Morgan fingerprint density at radius 2 is 0.697 bits per heavy atom. The molecule has 33 heavy (non-hydrogen) atoms. The van der Waals surface area contributed by atoms with Gasteiger partial charge in [-0.25, -0.2) is 0 Å². The fourth-order valence-corrected chi connectivity index (χ4v) is 5.30. The van der Waals surface area contributed by atoms with Crippen LogP contribution in [-0.2, 0) is 0 Å². The van der Waals surface area contributed by atoms with E-state index in [1.54, 1.807) is 0 Å². The minimum Gasteiger partial charge on any atom is -0.356 e. The molecule has 2 nitrogen and oxygen atoms in total. The van der Waals surface area contributed by atoms with Crippen molar-refractivity contribution in [2.75, 3.05) is 13.1 Å². The van der Waals surface area contributed by atoms with E-state index in [0.29, 0.717) is 6.17 Å². The minimum atomic E-state index is 0.644. The molecule has 0 saturated carbocycles. The topological polar surface area (TPSA) is 6.48 Å². The van der Waals surface area contributed by atoms with Crippen molar-refractivity contribution in [2.24, 2.45) is 0 Å². The molecule has 0 fully saturated rings. The maximum Gasteiger partial charge on any atom is 0.101 e. The van der Waals surface area contributed by atoms with Crippen LogP contribution in [0.3, 0.4) is 0 Å². The number of nitrogens with zero attached hydrogens (tertiary/aromatic N) is 2. The third-order valence-electron chi connectivity index (χ3n) is 7.57. The number of hydrogen-bond acceptors (Lipinski definition) is 2. The molecule has 0 saturated heterocycles. The van der Waals surface area contributed by atoms with Crippen LogP contribution in [0.1, 0.15) is 168 Å². The van der Waals surface area contributed by atoms with Gasteiger partial charge in [0.25, 0.3) is 0 Å². The lowest BCUT2D eigenvalue weighted by atomic mass is 10.1. The van der Waals surface area contributed by atoms with Crippen LogP contribution in [0.2, 0.25) is 0 Å². The Morgan fingerprint density at radius 1 is 0.394 bits per heavy atom. The zero-order chi connectivity index (χ0) is 23.8. The summed E-state index contributed by atoms with van der Waals surface area (Å²) in [7, 11) is 0. The molecule has 0 bridgehead atoms. The number of rotatable bonds is 25. The van der Waals surface area contributed by atoms with Crippen molar-refractivity contribution in [2.45, 2.75) is 175 Å². The molecule has 0 radical (unpaired) electrons. The van der Waals surface area contributed by atoms with Crippen LogP contribution in [-0.4, -0.2) is 29.1 Å². The fraction of sp³-hybridized carbons (Fsp3) is 0.935. The molecule has 196 valence electrons. The van der Waals surface area contributed by atoms with E-state index in [4.69, 9.17) is 0 Å². The van der Waals surface area contributed by atoms with E-state index < -0.39 is 0 Å². The highest BCUT2D eigenvalue weighted by Crippen LogP contribution is 2.23. The molecule has 1 unspecified atom stereocenters. The summed E-state index contributed by atoms with van der Waals surface area (Å²) in [6, 6.07) is 0. The summed E-state index contributed by atoms with van der Waals surface area (Å²) >= 11 is 0. The van der Waals surface area contributed by atoms with Gasteiger partial charge in [0.2, 0.25) is 0 Å². The Kier molecular flexibility index (Phi) is 21.3. The minimum absolute atomic E-state index is 0.644. The molecule has 0 spiro atoms. The van der Waals surface area contributed by atoms with Gasteiger partial charge in [-0.2, -0.15) is 0 Å². The summed E-state index contributed by atoms with van der Waals surface area (Å²) < 4.78 is 0. The van der Waals surface area contributed by atoms with Crippen LogP contribution in [0.15, 0.2) is 12.4 Å². The second kappa shape index (κ2) is 23.1. The monoisotopic (exact) mass is 462 g/mol. The molecular formula is C31H62N2. The molecule has 1 heterocycles. The quantitative estimate of drug-likeness (QED) is 0.124. The highest BCUT2D eigenvalue weighted by atomic mass is 15.4. The summed E-state index contributed by atoms with van der Waals surface area (Å²) in [5.74, 6) is 0. The first kappa shape index (κ1) is 30.4. The van der Waals surface area contributed by atoms with Crippen LogP contribution >= 0.6 is 0 Å². The van der Waals surface area contributed by atoms with Gasteiger partial charge in [0, 0.05) is 25.5 Å². The Hall–Kier alpha value is -0.660. The number of unbranched alkanes of at least 4 members (excludes halogenated alkanes) is 19. The predicted molar refractivity (Wildman–Crippen MR) is 150 cm³/mol. The molecule has 0 aliphatic carbocycles. The molecule has 1 aliphatic rings. The van der Waals surface area contributed by atoms with Gasteiger partial charge in [0.05, 0.1) is 0 Å².